The summed E-state index contributed by atoms with van der Waals surface area (Å²) < 4.78 is 36.2. The van der Waals surface area contributed by atoms with Crippen LogP contribution in [0.2, 0.25) is 0 Å². The van der Waals surface area contributed by atoms with Crippen LogP contribution in [0, 0.1) is 0 Å². The average Bonchev–Trinajstić information content (AvgIpc) is 2.78. The Morgan fingerprint density at radius 2 is 1.70 bits per heavy atom. The first kappa shape index (κ1) is 26.2. The molecule has 0 heterocycles. The number of nitrogens with one attached hydrogen (secondary N) is 1. The highest BCUT2D eigenvalue weighted by Crippen LogP contribution is 2.23. The Morgan fingerprint density at radius 3 is 2.30 bits per heavy atom. The summed E-state index contributed by atoms with van der Waals surface area (Å²) in [5, 5.41) is 2.78. The van der Waals surface area contributed by atoms with E-state index in [0.29, 0.717) is 19.5 Å². The molecular formula is C24H32N2O6S. The van der Waals surface area contributed by atoms with Crippen LogP contribution in [0.1, 0.15) is 56.5 Å². The van der Waals surface area contributed by atoms with Gasteiger partial charge in [0.2, 0.25) is 0 Å². The maximum atomic E-state index is 12.9. The van der Waals surface area contributed by atoms with Crippen molar-refractivity contribution in [2.24, 2.45) is 0 Å². The van der Waals surface area contributed by atoms with E-state index in [2.05, 4.69) is 5.32 Å². The number of carbonyl (C=O) groups is 2. The Balaban J connectivity index is 2.16. The first-order chi connectivity index (χ1) is 15.7. The molecule has 0 aliphatic heterocycles. The lowest BCUT2D eigenvalue weighted by Crippen LogP contribution is -2.43. The molecular weight excluding hydrogens is 444 g/mol. The number of hydrogen-bond donors (Lipinski definition) is 1. The molecule has 2 aromatic rings. The Morgan fingerprint density at radius 1 is 1.03 bits per heavy atom. The van der Waals surface area contributed by atoms with E-state index in [9.17, 15) is 18.0 Å². The zero-order valence-electron chi connectivity index (χ0n) is 19.5. The van der Waals surface area contributed by atoms with Crippen LogP contribution in [-0.2, 0) is 21.4 Å². The summed E-state index contributed by atoms with van der Waals surface area (Å²) in [6.45, 7) is 8.77. The van der Waals surface area contributed by atoms with Crippen molar-refractivity contribution in [1.29, 1.82) is 0 Å². The molecule has 2 amide bonds. The monoisotopic (exact) mass is 476 g/mol. The fourth-order valence-corrected chi connectivity index (χ4v) is 4.12. The van der Waals surface area contributed by atoms with Crippen molar-refractivity contribution in [3.05, 3.63) is 59.7 Å². The normalized spacial score (nSPS) is 11.2. The number of nitrogens with zero attached hydrogens (tertiary/aromatic N) is 1. The van der Waals surface area contributed by atoms with Crippen molar-refractivity contribution in [3.8, 4) is 5.75 Å². The van der Waals surface area contributed by atoms with E-state index in [4.69, 9.17) is 8.92 Å². The number of unbranched alkanes of at least 4 members (excludes halogenated alkanes) is 1. The number of esters is 1. The Hall–Kier alpha value is -3.07. The van der Waals surface area contributed by atoms with Crippen molar-refractivity contribution in [3.63, 3.8) is 0 Å². The van der Waals surface area contributed by atoms with Gasteiger partial charge in [0.05, 0.1) is 12.2 Å². The largest absolute Gasteiger partial charge is 0.462 e. The van der Waals surface area contributed by atoms with E-state index >= 15 is 0 Å². The summed E-state index contributed by atoms with van der Waals surface area (Å²) in [5.41, 5.74) is 0.749. The lowest BCUT2D eigenvalue weighted by Gasteiger charge is -2.27. The fraction of sp³-hybridized carbons (Fsp3) is 0.417. The molecule has 2 rings (SSSR count). The molecule has 0 fully saturated rings. The average molecular weight is 477 g/mol. The first-order valence-electron chi connectivity index (χ1n) is 11.0. The van der Waals surface area contributed by atoms with Gasteiger partial charge in [0.25, 0.3) is 0 Å². The predicted molar refractivity (Wildman–Crippen MR) is 126 cm³/mol. The minimum absolute atomic E-state index is 0.0126. The summed E-state index contributed by atoms with van der Waals surface area (Å²) >= 11 is 0. The van der Waals surface area contributed by atoms with Gasteiger partial charge in [-0.05, 0) is 57.0 Å². The molecule has 8 nitrogen and oxygen atoms in total. The quantitative estimate of drug-likeness (QED) is 0.294. The summed E-state index contributed by atoms with van der Waals surface area (Å²) in [6, 6.07) is 12.1. The topological polar surface area (TPSA) is 102 Å². The fourth-order valence-electron chi connectivity index (χ4n) is 3.00. The summed E-state index contributed by atoms with van der Waals surface area (Å²) in [6.07, 6.45) is 1.54. The number of carbonyl (C=O) groups excluding carboxylic acids is 2. The molecule has 0 aromatic heterocycles. The van der Waals surface area contributed by atoms with E-state index < -0.39 is 16.1 Å². The molecule has 0 unspecified atom stereocenters. The number of rotatable bonds is 11. The van der Waals surface area contributed by atoms with Gasteiger partial charge in [-0.25, -0.2) is 9.59 Å². The van der Waals surface area contributed by atoms with Crippen molar-refractivity contribution < 1.29 is 26.9 Å². The van der Waals surface area contributed by atoms with Crippen LogP contribution in [0.5, 0.6) is 5.75 Å². The minimum atomic E-state index is -4.27. The number of hydrogen-bond acceptors (Lipinski definition) is 6. The van der Waals surface area contributed by atoms with Crippen LogP contribution in [0.25, 0.3) is 0 Å². The molecule has 0 atom stereocenters. The zero-order chi connectivity index (χ0) is 24.4. The van der Waals surface area contributed by atoms with Crippen LogP contribution < -0.4 is 9.50 Å². The van der Waals surface area contributed by atoms with Crippen LogP contribution in [-0.4, -0.2) is 44.5 Å². The highest BCUT2D eigenvalue weighted by molar-refractivity contribution is 7.87. The molecule has 33 heavy (non-hydrogen) atoms. The molecule has 0 aliphatic carbocycles. The van der Waals surface area contributed by atoms with Gasteiger partial charge >= 0.3 is 22.1 Å². The number of amides is 2. The van der Waals surface area contributed by atoms with Crippen molar-refractivity contribution >= 4 is 22.1 Å². The maximum Gasteiger partial charge on any atom is 0.340 e. The Labute approximate surface area is 196 Å². The number of ether oxygens (including phenoxy) is 1. The van der Waals surface area contributed by atoms with E-state index in [1.54, 1.807) is 23.1 Å². The van der Waals surface area contributed by atoms with Gasteiger partial charge in [0, 0.05) is 19.1 Å². The van der Waals surface area contributed by atoms with E-state index in [0.717, 1.165) is 12.0 Å². The van der Waals surface area contributed by atoms with Gasteiger partial charge in [0.15, 0.2) is 0 Å². The second-order valence-electron chi connectivity index (χ2n) is 7.72. The SMILES string of the molecule is CCCCOC(=O)c1ccccc1S(=O)(=O)Oc1ccc(CN(C(=O)NCC)C(C)C)cc1. The molecule has 2 aromatic carbocycles. The molecule has 0 bridgehead atoms. The lowest BCUT2D eigenvalue weighted by atomic mass is 10.2. The highest BCUT2D eigenvalue weighted by Gasteiger charge is 2.25. The third-order valence-electron chi connectivity index (χ3n) is 4.80. The summed E-state index contributed by atoms with van der Waals surface area (Å²) in [7, 11) is -4.27. The number of benzene rings is 2. The van der Waals surface area contributed by atoms with Crippen LogP contribution in [0.3, 0.4) is 0 Å². The smallest absolute Gasteiger partial charge is 0.340 e. The van der Waals surface area contributed by atoms with Crippen molar-refractivity contribution in [2.45, 2.75) is 58.0 Å². The first-order valence-corrected chi connectivity index (χ1v) is 12.4. The minimum Gasteiger partial charge on any atom is -0.462 e. The van der Waals surface area contributed by atoms with Crippen molar-refractivity contribution in [1.82, 2.24) is 10.2 Å². The van der Waals surface area contributed by atoms with Gasteiger partial charge in [-0.1, -0.05) is 37.6 Å². The van der Waals surface area contributed by atoms with E-state index in [1.165, 1.54) is 30.3 Å². The highest BCUT2D eigenvalue weighted by atomic mass is 32.2. The Bertz CT molecular complexity index is 1040. The van der Waals surface area contributed by atoms with Crippen LogP contribution >= 0.6 is 0 Å². The van der Waals surface area contributed by atoms with Crippen LogP contribution in [0.15, 0.2) is 53.4 Å². The molecule has 0 aliphatic rings. The molecule has 0 spiro atoms. The molecule has 0 radical (unpaired) electrons. The maximum absolute atomic E-state index is 12.9. The second kappa shape index (κ2) is 12.2. The third kappa shape index (κ3) is 7.49. The Kier molecular flexibility index (Phi) is 9.72. The molecule has 1 N–H and O–H groups in total. The summed E-state index contributed by atoms with van der Waals surface area (Å²) in [5.74, 6) is -0.609. The zero-order valence-corrected chi connectivity index (χ0v) is 20.4. The van der Waals surface area contributed by atoms with Gasteiger partial charge in [-0.2, -0.15) is 8.42 Å². The molecule has 9 heteroatoms. The predicted octanol–water partition coefficient (Wildman–Crippen LogP) is 4.35. The van der Waals surface area contributed by atoms with Crippen molar-refractivity contribution in [2.75, 3.05) is 13.2 Å². The van der Waals surface area contributed by atoms with Gasteiger partial charge in [-0.3, -0.25) is 0 Å². The third-order valence-corrected chi connectivity index (χ3v) is 6.11. The summed E-state index contributed by atoms with van der Waals surface area (Å²) in [4.78, 5) is 26.0. The molecule has 180 valence electrons. The van der Waals surface area contributed by atoms with Crippen LogP contribution in [0.4, 0.5) is 4.79 Å². The lowest BCUT2D eigenvalue weighted by molar-refractivity contribution is 0.0495. The molecule has 0 saturated carbocycles. The van der Waals surface area contributed by atoms with E-state index in [1.807, 2.05) is 27.7 Å². The van der Waals surface area contributed by atoms with Gasteiger partial charge < -0.3 is 19.1 Å². The number of urea groups is 1. The second-order valence-corrected chi connectivity index (χ2v) is 9.24. The van der Waals surface area contributed by atoms with Gasteiger partial charge in [0.1, 0.15) is 10.6 Å². The van der Waals surface area contributed by atoms with E-state index in [-0.39, 0.29) is 34.9 Å². The molecule has 0 saturated heterocycles. The van der Waals surface area contributed by atoms with Gasteiger partial charge in [-0.15, -0.1) is 0 Å². The standard InChI is InChI=1S/C24H32N2O6S/c1-5-7-16-31-23(27)21-10-8-9-11-22(21)33(29,30)32-20-14-12-19(13-15-20)17-26(18(3)4)24(28)25-6-2/h8-15,18H,5-7,16-17H2,1-4H3,(H,25,28).